The van der Waals surface area contributed by atoms with Crippen LogP contribution in [0.5, 0.6) is 0 Å². The molecule has 1 amide bonds. The van der Waals surface area contributed by atoms with Crippen molar-refractivity contribution in [3.8, 4) is 0 Å². The summed E-state index contributed by atoms with van der Waals surface area (Å²) in [5.74, 6) is 0.262. The van der Waals surface area contributed by atoms with Crippen LogP contribution in [0.2, 0.25) is 0 Å². The van der Waals surface area contributed by atoms with Crippen LogP contribution in [0, 0.1) is 6.92 Å². The summed E-state index contributed by atoms with van der Waals surface area (Å²) in [6.45, 7) is 2.89. The predicted octanol–water partition coefficient (Wildman–Crippen LogP) is 2.92. The number of rotatable bonds is 5. The number of benzene rings is 1. The molecule has 1 saturated carbocycles. The molecular weight excluding hydrogens is 278 g/mol. The van der Waals surface area contributed by atoms with Crippen molar-refractivity contribution >= 4 is 21.8 Å². The number of halogens is 1. The normalized spacial score (nSPS) is 14.7. The van der Waals surface area contributed by atoms with Crippen LogP contribution >= 0.6 is 15.9 Å². The van der Waals surface area contributed by atoms with Gasteiger partial charge in [-0.2, -0.15) is 0 Å². The van der Waals surface area contributed by atoms with Gasteiger partial charge in [0.2, 0.25) is 5.91 Å². The molecule has 2 rings (SSSR count). The van der Waals surface area contributed by atoms with Gasteiger partial charge >= 0.3 is 0 Å². The highest BCUT2D eigenvalue weighted by molar-refractivity contribution is 9.09. The molecule has 2 nitrogen and oxygen atoms in total. The Morgan fingerprint density at radius 3 is 2.82 bits per heavy atom. The van der Waals surface area contributed by atoms with Gasteiger partial charge in [-0.05, 0) is 25.3 Å². The molecule has 0 spiro atoms. The minimum absolute atomic E-state index is 0.262. The van der Waals surface area contributed by atoms with Gasteiger partial charge in [0.1, 0.15) is 0 Å². The molecule has 0 radical (unpaired) electrons. The average Bonchev–Trinajstić information content (AvgIpc) is 3.09. The smallest absolute Gasteiger partial charge is 0.227 e. The third kappa shape index (κ3) is 3.56. The highest BCUT2D eigenvalue weighted by Gasteiger charge is 2.31. The Labute approximate surface area is 111 Å². The highest BCUT2D eigenvalue weighted by Crippen LogP contribution is 2.27. The van der Waals surface area contributed by atoms with Gasteiger partial charge in [0, 0.05) is 17.9 Å². The summed E-state index contributed by atoms with van der Waals surface area (Å²) in [6.07, 6.45) is 2.88. The van der Waals surface area contributed by atoms with Gasteiger partial charge in [-0.3, -0.25) is 4.79 Å². The molecule has 0 saturated heterocycles. The van der Waals surface area contributed by atoms with Crippen molar-refractivity contribution in [2.24, 2.45) is 0 Å². The maximum absolute atomic E-state index is 12.2. The first-order valence-electron chi connectivity index (χ1n) is 6.11. The number of hydrogen-bond acceptors (Lipinski definition) is 1. The Bertz CT molecular complexity index is 401. The lowest BCUT2D eigenvalue weighted by Gasteiger charge is -2.21. The van der Waals surface area contributed by atoms with Crippen molar-refractivity contribution in [1.82, 2.24) is 4.90 Å². The molecule has 0 aromatic heterocycles. The Morgan fingerprint density at radius 1 is 1.47 bits per heavy atom. The van der Waals surface area contributed by atoms with E-state index in [4.69, 9.17) is 0 Å². The van der Waals surface area contributed by atoms with E-state index in [9.17, 15) is 4.79 Å². The first-order chi connectivity index (χ1) is 8.20. The van der Waals surface area contributed by atoms with E-state index in [2.05, 4.69) is 35.0 Å². The SMILES string of the molecule is Cc1cccc(CC(=O)N(CCBr)C2CC2)c1. The van der Waals surface area contributed by atoms with Crippen LogP contribution < -0.4 is 0 Å². The minimum atomic E-state index is 0.262. The molecular formula is C14H18BrNO. The number of alkyl halides is 1. The third-order valence-electron chi connectivity index (χ3n) is 3.07. The molecule has 92 valence electrons. The van der Waals surface area contributed by atoms with Crippen LogP contribution in [0.25, 0.3) is 0 Å². The van der Waals surface area contributed by atoms with Crippen molar-refractivity contribution in [1.29, 1.82) is 0 Å². The van der Waals surface area contributed by atoms with E-state index in [1.807, 2.05) is 17.0 Å². The van der Waals surface area contributed by atoms with Crippen LogP contribution in [0.3, 0.4) is 0 Å². The second-order valence-electron chi connectivity index (χ2n) is 4.67. The van der Waals surface area contributed by atoms with E-state index < -0.39 is 0 Å². The summed E-state index contributed by atoms with van der Waals surface area (Å²) in [7, 11) is 0. The molecule has 1 aromatic rings. The van der Waals surface area contributed by atoms with E-state index >= 15 is 0 Å². The minimum Gasteiger partial charge on any atom is -0.339 e. The maximum Gasteiger partial charge on any atom is 0.227 e. The number of carbonyl (C=O) groups is 1. The Hall–Kier alpha value is -0.830. The van der Waals surface area contributed by atoms with E-state index in [0.29, 0.717) is 12.5 Å². The number of hydrogen-bond donors (Lipinski definition) is 0. The second kappa shape index (κ2) is 5.67. The molecule has 0 unspecified atom stereocenters. The zero-order valence-corrected chi connectivity index (χ0v) is 11.7. The molecule has 1 aliphatic rings. The summed E-state index contributed by atoms with van der Waals surface area (Å²) in [5.41, 5.74) is 2.34. The van der Waals surface area contributed by atoms with Crippen LogP contribution in [0.4, 0.5) is 0 Å². The highest BCUT2D eigenvalue weighted by atomic mass is 79.9. The lowest BCUT2D eigenvalue weighted by Crippen LogP contribution is -2.35. The third-order valence-corrected chi connectivity index (χ3v) is 3.43. The Balaban J connectivity index is 1.99. The fraction of sp³-hybridized carbons (Fsp3) is 0.500. The van der Waals surface area contributed by atoms with Crippen LogP contribution in [-0.2, 0) is 11.2 Å². The lowest BCUT2D eigenvalue weighted by atomic mass is 10.1. The Kier molecular flexibility index (Phi) is 4.21. The summed E-state index contributed by atoms with van der Waals surface area (Å²) in [6, 6.07) is 8.71. The van der Waals surface area contributed by atoms with Crippen molar-refractivity contribution in [3.63, 3.8) is 0 Å². The van der Waals surface area contributed by atoms with Crippen molar-refractivity contribution in [2.75, 3.05) is 11.9 Å². The van der Waals surface area contributed by atoms with E-state index in [-0.39, 0.29) is 5.91 Å². The molecule has 0 heterocycles. The fourth-order valence-electron chi connectivity index (χ4n) is 2.09. The summed E-state index contributed by atoms with van der Waals surface area (Å²) < 4.78 is 0. The first kappa shape index (κ1) is 12.6. The van der Waals surface area contributed by atoms with Gasteiger partial charge in [-0.25, -0.2) is 0 Å². The first-order valence-corrected chi connectivity index (χ1v) is 7.24. The van der Waals surface area contributed by atoms with Crippen molar-refractivity contribution < 1.29 is 4.79 Å². The van der Waals surface area contributed by atoms with Crippen molar-refractivity contribution in [2.45, 2.75) is 32.2 Å². The molecule has 1 fully saturated rings. The van der Waals surface area contributed by atoms with Crippen LogP contribution in [-0.4, -0.2) is 28.7 Å². The topological polar surface area (TPSA) is 20.3 Å². The summed E-state index contributed by atoms with van der Waals surface area (Å²) >= 11 is 3.42. The molecule has 0 bridgehead atoms. The van der Waals surface area contributed by atoms with Crippen LogP contribution in [0.15, 0.2) is 24.3 Å². The number of amides is 1. The standard InChI is InChI=1S/C14H18BrNO/c1-11-3-2-4-12(9-11)10-14(17)16(8-7-15)13-5-6-13/h2-4,9,13H,5-8,10H2,1H3. The Morgan fingerprint density at radius 2 is 2.24 bits per heavy atom. The van der Waals surface area contributed by atoms with Gasteiger partial charge in [-0.15, -0.1) is 0 Å². The average molecular weight is 296 g/mol. The molecule has 3 heteroatoms. The van der Waals surface area contributed by atoms with Gasteiger partial charge in [0.25, 0.3) is 0 Å². The lowest BCUT2D eigenvalue weighted by molar-refractivity contribution is -0.130. The van der Waals surface area contributed by atoms with Crippen molar-refractivity contribution in [3.05, 3.63) is 35.4 Å². The van der Waals surface area contributed by atoms with E-state index in [1.54, 1.807) is 0 Å². The summed E-state index contributed by atoms with van der Waals surface area (Å²) in [5, 5.41) is 0.864. The molecule has 17 heavy (non-hydrogen) atoms. The monoisotopic (exact) mass is 295 g/mol. The largest absolute Gasteiger partial charge is 0.339 e. The molecule has 1 aliphatic carbocycles. The zero-order valence-electron chi connectivity index (χ0n) is 10.2. The van der Waals surface area contributed by atoms with E-state index in [0.717, 1.165) is 17.4 Å². The number of nitrogens with zero attached hydrogens (tertiary/aromatic N) is 1. The van der Waals surface area contributed by atoms with E-state index in [1.165, 1.54) is 18.4 Å². The maximum atomic E-state index is 12.2. The second-order valence-corrected chi connectivity index (χ2v) is 5.47. The van der Waals surface area contributed by atoms with Gasteiger partial charge in [-0.1, -0.05) is 45.8 Å². The van der Waals surface area contributed by atoms with Gasteiger partial charge < -0.3 is 4.90 Å². The molecule has 0 aliphatic heterocycles. The van der Waals surface area contributed by atoms with Gasteiger partial charge in [0.05, 0.1) is 6.42 Å². The molecule has 0 atom stereocenters. The molecule has 1 aromatic carbocycles. The summed E-state index contributed by atoms with van der Waals surface area (Å²) in [4.78, 5) is 14.2. The quantitative estimate of drug-likeness (QED) is 0.765. The number of carbonyl (C=O) groups excluding carboxylic acids is 1. The fourth-order valence-corrected chi connectivity index (χ4v) is 2.47. The number of aryl methyl sites for hydroxylation is 1. The van der Waals surface area contributed by atoms with Gasteiger partial charge in [0.15, 0.2) is 0 Å². The zero-order chi connectivity index (χ0) is 12.3. The molecule has 0 N–H and O–H groups in total. The predicted molar refractivity (Wildman–Crippen MR) is 73.4 cm³/mol. The van der Waals surface area contributed by atoms with Crippen LogP contribution in [0.1, 0.15) is 24.0 Å².